The standard InChI is InChI=1S/C34H34N6O9S2/c1-34(2,32(47)48)49-38-25(22-16-51-33(35)36-22)28(43)37-26-29(44)39-27(31(45)46)19(15-50-30(26)39)9-8-17-4-6-18(7-5-17)12-40(3)13-20-10-23(41)24(42)11-21(20)14-40/h4-11,16,26,30H,12-15H2,1-3H3,(H6-,35,36,37,38,41,42,43,45,46,47,48)/p+1/b9-8-/t26-,30-/m1/s1. The fraction of sp³-hybridized carbons (Fsp3) is 0.294. The van der Waals surface area contributed by atoms with Gasteiger partial charge in [-0.3, -0.25) is 14.5 Å². The molecule has 266 valence electrons. The predicted octanol–water partition coefficient (Wildman–Crippen LogP) is 2.83. The summed E-state index contributed by atoms with van der Waals surface area (Å²) in [6.45, 7) is 4.64. The lowest BCUT2D eigenvalue weighted by Gasteiger charge is -2.49. The molecule has 0 saturated carbocycles. The third-order valence-electron chi connectivity index (χ3n) is 8.77. The van der Waals surface area contributed by atoms with E-state index in [4.69, 9.17) is 10.6 Å². The molecule has 0 radical (unpaired) electrons. The molecule has 51 heavy (non-hydrogen) atoms. The molecular weight excluding hydrogens is 701 g/mol. The van der Waals surface area contributed by atoms with E-state index >= 15 is 0 Å². The molecule has 0 unspecified atom stereocenters. The smallest absolute Gasteiger partial charge is 0.352 e. The number of hydrogen-bond acceptors (Lipinski definition) is 12. The van der Waals surface area contributed by atoms with Crippen molar-refractivity contribution >= 4 is 63.8 Å². The highest BCUT2D eigenvalue weighted by atomic mass is 32.2. The van der Waals surface area contributed by atoms with Crippen LogP contribution in [0.1, 0.15) is 41.8 Å². The number of rotatable bonds is 11. The zero-order valence-corrected chi connectivity index (χ0v) is 29.3. The Bertz CT molecular complexity index is 2010. The van der Waals surface area contributed by atoms with Crippen molar-refractivity contribution in [2.45, 2.75) is 50.5 Å². The van der Waals surface area contributed by atoms with E-state index in [0.717, 1.165) is 45.0 Å². The number of thiazole rings is 1. The summed E-state index contributed by atoms with van der Waals surface area (Å²) in [5, 5.41) is 46.4. The molecule has 0 spiro atoms. The van der Waals surface area contributed by atoms with Crippen molar-refractivity contribution in [3.63, 3.8) is 0 Å². The average Bonchev–Trinajstić information content (AvgIpc) is 3.64. The summed E-state index contributed by atoms with van der Waals surface area (Å²) in [6, 6.07) is 9.99. The number of oxime groups is 1. The van der Waals surface area contributed by atoms with Crippen LogP contribution in [-0.2, 0) is 43.7 Å². The van der Waals surface area contributed by atoms with E-state index in [0.29, 0.717) is 23.1 Å². The maximum absolute atomic E-state index is 13.3. The van der Waals surface area contributed by atoms with Crippen molar-refractivity contribution < 1.29 is 48.9 Å². The minimum Gasteiger partial charge on any atom is -0.504 e. The Balaban J connectivity index is 1.13. The number of nitrogens with one attached hydrogen (secondary N) is 1. The highest BCUT2D eigenvalue weighted by Gasteiger charge is 2.54. The summed E-state index contributed by atoms with van der Waals surface area (Å²) >= 11 is 2.30. The van der Waals surface area contributed by atoms with Crippen LogP contribution in [0.2, 0.25) is 0 Å². The molecule has 7 N–H and O–H groups in total. The topological polar surface area (TPSA) is 225 Å². The number of nitrogen functional groups attached to an aromatic ring is 1. The molecule has 4 heterocycles. The van der Waals surface area contributed by atoms with Gasteiger partial charge in [-0.25, -0.2) is 14.6 Å². The quantitative estimate of drug-likeness (QED) is 0.0550. The summed E-state index contributed by atoms with van der Waals surface area (Å²) in [5.41, 5.74) is 7.72. The number of aliphatic carboxylic acids is 2. The average molecular weight is 736 g/mol. The van der Waals surface area contributed by atoms with Gasteiger partial charge in [0.05, 0.1) is 7.05 Å². The number of β-lactam (4-membered cyclic amide) rings is 1. The zero-order chi connectivity index (χ0) is 36.8. The van der Waals surface area contributed by atoms with E-state index in [2.05, 4.69) is 22.5 Å². The van der Waals surface area contributed by atoms with Gasteiger partial charge in [-0.15, -0.1) is 23.1 Å². The highest BCUT2D eigenvalue weighted by Crippen LogP contribution is 2.41. The molecule has 2 atom stereocenters. The third-order valence-corrected chi connectivity index (χ3v) is 10.7. The Morgan fingerprint density at radius 3 is 2.33 bits per heavy atom. The van der Waals surface area contributed by atoms with E-state index in [9.17, 15) is 39.6 Å². The molecular formula is C34H35N6O9S2+. The van der Waals surface area contributed by atoms with Crippen LogP contribution >= 0.6 is 23.1 Å². The molecule has 17 heteroatoms. The van der Waals surface area contributed by atoms with Crippen molar-refractivity contribution in [3.8, 4) is 11.5 Å². The number of anilines is 1. The van der Waals surface area contributed by atoms with Gasteiger partial charge in [0.1, 0.15) is 42.4 Å². The summed E-state index contributed by atoms with van der Waals surface area (Å²) in [6.07, 6.45) is 3.45. The second kappa shape index (κ2) is 13.4. The number of benzene rings is 2. The van der Waals surface area contributed by atoms with Gasteiger partial charge in [-0.2, -0.15) is 0 Å². The first kappa shape index (κ1) is 35.4. The number of phenolic OH excluding ortho intramolecular Hbond substituents is 2. The molecule has 15 nitrogen and oxygen atoms in total. The molecule has 1 saturated heterocycles. The molecule has 3 aliphatic heterocycles. The van der Waals surface area contributed by atoms with Crippen LogP contribution in [0.5, 0.6) is 11.5 Å². The molecule has 3 aliphatic rings. The lowest BCUT2D eigenvalue weighted by atomic mass is 10.0. The number of nitrogens with two attached hydrogens (primary N) is 1. The van der Waals surface area contributed by atoms with Crippen molar-refractivity contribution in [3.05, 3.63) is 87.1 Å². The van der Waals surface area contributed by atoms with Gasteiger partial charge in [0, 0.05) is 27.8 Å². The number of allylic oxidation sites excluding steroid dienone is 1. The Labute approximate surface area is 299 Å². The first-order chi connectivity index (χ1) is 24.0. The van der Waals surface area contributed by atoms with E-state index < -0.39 is 46.5 Å². The van der Waals surface area contributed by atoms with Crippen LogP contribution < -0.4 is 11.1 Å². The summed E-state index contributed by atoms with van der Waals surface area (Å²) < 4.78 is 0.677. The van der Waals surface area contributed by atoms with Gasteiger partial charge in [0.25, 0.3) is 11.8 Å². The van der Waals surface area contributed by atoms with Crippen molar-refractivity contribution in [2.24, 2.45) is 5.16 Å². The number of thioether (sulfide) groups is 1. The number of hydrogen-bond donors (Lipinski definition) is 6. The number of carbonyl (C=O) groups is 4. The van der Waals surface area contributed by atoms with Crippen molar-refractivity contribution in [1.29, 1.82) is 0 Å². The van der Waals surface area contributed by atoms with E-state index in [1.807, 2.05) is 24.3 Å². The molecule has 0 aliphatic carbocycles. The number of phenols is 2. The van der Waals surface area contributed by atoms with Crippen LogP contribution in [0.15, 0.2) is 64.3 Å². The molecule has 6 rings (SSSR count). The summed E-state index contributed by atoms with van der Waals surface area (Å²) in [4.78, 5) is 60.9. The number of carboxylic acid groups (broad SMARTS) is 2. The van der Waals surface area contributed by atoms with Crippen molar-refractivity contribution in [2.75, 3.05) is 18.5 Å². The second-order valence-corrected chi connectivity index (χ2v) is 15.2. The first-order valence-electron chi connectivity index (χ1n) is 15.6. The first-order valence-corrected chi connectivity index (χ1v) is 17.6. The highest BCUT2D eigenvalue weighted by molar-refractivity contribution is 8.00. The maximum Gasteiger partial charge on any atom is 0.352 e. The molecule has 3 aromatic rings. The number of fused-ring (bicyclic) bond motifs is 2. The summed E-state index contributed by atoms with van der Waals surface area (Å²) in [7, 11) is 2.12. The van der Waals surface area contributed by atoms with Crippen LogP contribution in [0.3, 0.4) is 0 Å². The van der Waals surface area contributed by atoms with Crippen LogP contribution in [0, 0.1) is 0 Å². The lowest BCUT2D eigenvalue weighted by Crippen LogP contribution is -2.71. The molecule has 0 bridgehead atoms. The minimum absolute atomic E-state index is 0.0161. The van der Waals surface area contributed by atoms with E-state index in [1.54, 1.807) is 24.3 Å². The number of carbonyl (C=O) groups excluding carboxylic acids is 2. The monoisotopic (exact) mass is 735 g/mol. The van der Waals surface area contributed by atoms with Gasteiger partial charge in [-0.1, -0.05) is 41.6 Å². The van der Waals surface area contributed by atoms with E-state index in [-0.39, 0.29) is 33.8 Å². The van der Waals surface area contributed by atoms with Gasteiger partial charge in [-0.05, 0) is 37.1 Å². The number of nitrogens with zero attached hydrogens (tertiary/aromatic N) is 4. The van der Waals surface area contributed by atoms with E-state index in [1.165, 1.54) is 31.0 Å². The van der Waals surface area contributed by atoms with Crippen LogP contribution in [0.4, 0.5) is 5.13 Å². The van der Waals surface area contributed by atoms with Gasteiger partial charge in [0.15, 0.2) is 22.3 Å². The fourth-order valence-electron chi connectivity index (χ4n) is 6.10. The number of carboxylic acids is 2. The Morgan fingerprint density at radius 2 is 1.76 bits per heavy atom. The molecule has 1 fully saturated rings. The maximum atomic E-state index is 13.3. The Morgan fingerprint density at radius 1 is 1.12 bits per heavy atom. The number of aromatic hydroxyl groups is 2. The normalized spacial score (nSPS) is 19.8. The Hall–Kier alpha value is -5.39. The zero-order valence-electron chi connectivity index (χ0n) is 27.7. The molecule has 2 aromatic carbocycles. The third kappa shape index (κ3) is 7.13. The lowest BCUT2D eigenvalue weighted by molar-refractivity contribution is -0.941. The molecule has 1 aromatic heterocycles. The van der Waals surface area contributed by atoms with Gasteiger partial charge in [0.2, 0.25) is 5.60 Å². The van der Waals surface area contributed by atoms with Gasteiger partial charge < -0.3 is 40.8 Å². The predicted molar refractivity (Wildman–Crippen MR) is 188 cm³/mol. The second-order valence-electron chi connectivity index (χ2n) is 13.2. The van der Waals surface area contributed by atoms with Crippen LogP contribution in [0.25, 0.3) is 6.08 Å². The SMILES string of the molecule is CC(C)(O/N=C(\C(=O)N[C@@H]1C(=O)N2C(C(=O)O)=C(/C=C\c3ccc(C[N+]4(C)Cc5cc(O)c(O)cc5C4)cc3)CS[C@H]12)c1csc(N)n1)C(=O)O. The summed E-state index contributed by atoms with van der Waals surface area (Å²) in [5.74, 6) is -4.13. The molecule has 2 amide bonds. The van der Waals surface area contributed by atoms with Crippen molar-refractivity contribution in [1.82, 2.24) is 15.2 Å². The number of aromatic nitrogens is 1. The Kier molecular flexibility index (Phi) is 9.30. The van der Waals surface area contributed by atoms with Gasteiger partial charge >= 0.3 is 11.9 Å². The van der Waals surface area contributed by atoms with Crippen LogP contribution in [-0.4, -0.2) is 94.1 Å². The number of quaternary nitrogens is 1. The number of amides is 2. The fourth-order valence-corrected chi connectivity index (χ4v) is 7.97. The minimum atomic E-state index is -1.78. The largest absolute Gasteiger partial charge is 0.504 e.